The number of hydrogen-bond donors (Lipinski definition) is 0. The van der Waals surface area contributed by atoms with Crippen molar-refractivity contribution in [1.82, 2.24) is 9.97 Å². The lowest BCUT2D eigenvalue weighted by atomic mass is 9.70. The molecule has 21 heavy (non-hydrogen) atoms. The fourth-order valence-corrected chi connectivity index (χ4v) is 3.36. The van der Waals surface area contributed by atoms with E-state index in [1.165, 1.54) is 31.2 Å². The monoisotopic (exact) mass is 285 g/mol. The van der Waals surface area contributed by atoms with Crippen LogP contribution in [0.5, 0.6) is 0 Å². The van der Waals surface area contributed by atoms with Crippen molar-refractivity contribution in [3.8, 4) is 6.07 Å². The average Bonchev–Trinajstić information content (AvgIpc) is 2.55. The molecule has 0 aromatic carbocycles. The van der Waals surface area contributed by atoms with E-state index in [0.29, 0.717) is 0 Å². The van der Waals surface area contributed by atoms with Gasteiger partial charge in [-0.15, -0.1) is 0 Å². The van der Waals surface area contributed by atoms with Gasteiger partial charge in [-0.2, -0.15) is 5.26 Å². The van der Waals surface area contributed by atoms with Crippen molar-refractivity contribution in [2.75, 3.05) is 0 Å². The summed E-state index contributed by atoms with van der Waals surface area (Å²) >= 11 is 0. The first-order valence-corrected chi connectivity index (χ1v) is 8.46. The van der Waals surface area contributed by atoms with Gasteiger partial charge in [-0.1, -0.05) is 33.1 Å². The van der Waals surface area contributed by atoms with Crippen LogP contribution in [0.25, 0.3) is 0 Å². The van der Waals surface area contributed by atoms with Crippen LogP contribution in [-0.2, 0) is 11.8 Å². The maximum absolute atomic E-state index is 9.69. The number of aryl methyl sites for hydroxylation is 1. The normalized spacial score (nSPS) is 25.5. The minimum absolute atomic E-state index is 0.437. The second kappa shape index (κ2) is 7.54. The smallest absolute Gasteiger partial charge is 0.148 e. The molecule has 3 nitrogen and oxygen atoms in total. The highest BCUT2D eigenvalue weighted by atomic mass is 14.9. The van der Waals surface area contributed by atoms with Crippen molar-refractivity contribution in [3.63, 3.8) is 0 Å². The quantitative estimate of drug-likeness (QED) is 0.769. The molecule has 0 bridgehead atoms. The van der Waals surface area contributed by atoms with Gasteiger partial charge in [-0.3, -0.25) is 0 Å². The van der Waals surface area contributed by atoms with Crippen molar-refractivity contribution in [3.05, 3.63) is 23.8 Å². The minimum atomic E-state index is -0.437. The van der Waals surface area contributed by atoms with E-state index in [0.717, 1.165) is 43.8 Å². The fourth-order valence-electron chi connectivity index (χ4n) is 3.36. The number of nitriles is 1. The molecule has 1 heterocycles. The Kier molecular flexibility index (Phi) is 5.73. The lowest BCUT2D eigenvalue weighted by Crippen LogP contribution is -2.32. The zero-order chi connectivity index (χ0) is 15.1. The molecule has 1 aromatic rings. The summed E-state index contributed by atoms with van der Waals surface area (Å²) in [5.41, 5.74) is 0.751. The molecule has 0 amide bonds. The summed E-state index contributed by atoms with van der Waals surface area (Å²) < 4.78 is 0. The Hall–Kier alpha value is -1.43. The van der Waals surface area contributed by atoms with Crippen LogP contribution >= 0.6 is 0 Å². The average molecular weight is 285 g/mol. The van der Waals surface area contributed by atoms with Crippen LogP contribution in [-0.4, -0.2) is 9.97 Å². The zero-order valence-corrected chi connectivity index (χ0v) is 13.4. The first kappa shape index (κ1) is 15.9. The van der Waals surface area contributed by atoms with Gasteiger partial charge in [-0.25, -0.2) is 9.97 Å². The minimum Gasteiger partial charge on any atom is -0.239 e. The first-order chi connectivity index (χ1) is 10.2. The number of hydrogen-bond acceptors (Lipinski definition) is 3. The summed E-state index contributed by atoms with van der Waals surface area (Å²) in [5.74, 6) is 1.54. The number of unbranched alkanes of at least 4 members (excludes halogenated alkanes) is 1. The van der Waals surface area contributed by atoms with E-state index in [1.54, 1.807) is 0 Å². The Morgan fingerprint density at radius 1 is 1.19 bits per heavy atom. The van der Waals surface area contributed by atoms with Gasteiger partial charge < -0.3 is 0 Å². The SMILES string of the molecule is CCCCc1cnc(C2(C#N)CCC(CCC)CC2)nc1. The topological polar surface area (TPSA) is 49.6 Å². The Labute approximate surface area is 128 Å². The Morgan fingerprint density at radius 2 is 1.86 bits per heavy atom. The predicted octanol–water partition coefficient (Wildman–Crippen LogP) is 4.57. The molecule has 0 atom stereocenters. The molecule has 1 aliphatic rings. The van der Waals surface area contributed by atoms with Crippen LogP contribution < -0.4 is 0 Å². The van der Waals surface area contributed by atoms with Crippen molar-refractivity contribution in [2.24, 2.45) is 5.92 Å². The molecule has 1 aromatic heterocycles. The van der Waals surface area contributed by atoms with E-state index >= 15 is 0 Å². The third kappa shape index (κ3) is 3.81. The molecule has 0 radical (unpaired) electrons. The Morgan fingerprint density at radius 3 is 2.38 bits per heavy atom. The highest BCUT2D eigenvalue weighted by Crippen LogP contribution is 2.40. The maximum Gasteiger partial charge on any atom is 0.148 e. The fraction of sp³-hybridized carbons (Fsp3) is 0.722. The molecule has 1 fully saturated rings. The molecule has 0 aliphatic heterocycles. The van der Waals surface area contributed by atoms with Gasteiger partial charge in [0.05, 0.1) is 6.07 Å². The summed E-state index contributed by atoms with van der Waals surface area (Å²) in [6.45, 7) is 4.43. The standard InChI is InChI=1S/C18H27N3/c1-3-5-7-16-12-20-17(21-13-16)18(14-19)10-8-15(6-4-2)9-11-18/h12-13,15H,3-11H2,1-2H3. The molecule has 1 saturated carbocycles. The molecule has 2 rings (SSSR count). The van der Waals surface area contributed by atoms with Gasteiger partial charge in [-0.05, 0) is 50.0 Å². The predicted molar refractivity (Wildman–Crippen MR) is 84.8 cm³/mol. The van der Waals surface area contributed by atoms with Crippen LogP contribution in [0.4, 0.5) is 0 Å². The lowest BCUT2D eigenvalue weighted by molar-refractivity contribution is 0.257. The molecule has 114 valence electrons. The van der Waals surface area contributed by atoms with Crippen molar-refractivity contribution in [1.29, 1.82) is 5.26 Å². The van der Waals surface area contributed by atoms with Gasteiger partial charge >= 0.3 is 0 Å². The summed E-state index contributed by atoms with van der Waals surface area (Å²) in [6, 6.07) is 2.53. The highest BCUT2D eigenvalue weighted by Gasteiger charge is 2.39. The van der Waals surface area contributed by atoms with Gasteiger partial charge in [0, 0.05) is 12.4 Å². The second-order valence-electron chi connectivity index (χ2n) is 6.44. The highest BCUT2D eigenvalue weighted by molar-refractivity contribution is 5.22. The molecule has 0 spiro atoms. The van der Waals surface area contributed by atoms with Crippen LogP contribution in [0.1, 0.15) is 76.6 Å². The maximum atomic E-state index is 9.69. The molecule has 3 heteroatoms. The van der Waals surface area contributed by atoms with Crippen LogP contribution in [0, 0.1) is 17.2 Å². The van der Waals surface area contributed by atoms with Crippen LogP contribution in [0.2, 0.25) is 0 Å². The Bertz CT molecular complexity index is 464. The lowest BCUT2D eigenvalue weighted by Gasteiger charge is -2.33. The molecular formula is C18H27N3. The zero-order valence-electron chi connectivity index (χ0n) is 13.4. The van der Waals surface area contributed by atoms with Gasteiger partial charge in [0.15, 0.2) is 0 Å². The first-order valence-electron chi connectivity index (χ1n) is 8.46. The summed E-state index contributed by atoms with van der Waals surface area (Å²) in [4.78, 5) is 9.07. The molecular weight excluding hydrogens is 258 g/mol. The van der Waals surface area contributed by atoms with Crippen molar-refractivity contribution >= 4 is 0 Å². The summed E-state index contributed by atoms with van der Waals surface area (Å²) in [7, 11) is 0. The van der Waals surface area contributed by atoms with Crippen molar-refractivity contribution in [2.45, 2.75) is 77.0 Å². The third-order valence-corrected chi connectivity index (χ3v) is 4.82. The number of rotatable bonds is 6. The van der Waals surface area contributed by atoms with E-state index in [9.17, 15) is 5.26 Å². The molecule has 0 N–H and O–H groups in total. The number of nitrogens with zero attached hydrogens (tertiary/aromatic N) is 3. The molecule has 0 unspecified atom stereocenters. The van der Waals surface area contributed by atoms with Crippen LogP contribution in [0.15, 0.2) is 12.4 Å². The van der Waals surface area contributed by atoms with E-state index < -0.39 is 5.41 Å². The summed E-state index contributed by atoms with van der Waals surface area (Å²) in [6.07, 6.45) is 13.9. The van der Waals surface area contributed by atoms with Crippen molar-refractivity contribution < 1.29 is 0 Å². The molecule has 0 saturated heterocycles. The van der Waals surface area contributed by atoms with E-state index in [4.69, 9.17) is 0 Å². The van der Waals surface area contributed by atoms with E-state index in [1.807, 2.05) is 12.4 Å². The largest absolute Gasteiger partial charge is 0.239 e. The Balaban J connectivity index is 2.06. The van der Waals surface area contributed by atoms with Crippen LogP contribution in [0.3, 0.4) is 0 Å². The van der Waals surface area contributed by atoms with E-state index in [2.05, 4.69) is 29.9 Å². The summed E-state index contributed by atoms with van der Waals surface area (Å²) in [5, 5.41) is 9.69. The second-order valence-corrected chi connectivity index (χ2v) is 6.44. The van der Waals surface area contributed by atoms with Gasteiger partial charge in [0.1, 0.15) is 11.2 Å². The van der Waals surface area contributed by atoms with E-state index in [-0.39, 0.29) is 0 Å². The number of aromatic nitrogens is 2. The van der Waals surface area contributed by atoms with Gasteiger partial charge in [0.2, 0.25) is 0 Å². The molecule has 1 aliphatic carbocycles. The third-order valence-electron chi connectivity index (χ3n) is 4.82. The van der Waals surface area contributed by atoms with Gasteiger partial charge in [0.25, 0.3) is 0 Å².